The minimum absolute atomic E-state index is 0.160. The molecule has 0 bridgehead atoms. The van der Waals surface area contributed by atoms with Crippen LogP contribution in [0.2, 0.25) is 0 Å². The van der Waals surface area contributed by atoms with E-state index in [2.05, 4.69) is 59.0 Å². The third-order valence-electron chi connectivity index (χ3n) is 5.58. The van der Waals surface area contributed by atoms with E-state index in [1.165, 1.54) is 20.3 Å². The summed E-state index contributed by atoms with van der Waals surface area (Å²) in [7, 11) is 0. The molecule has 2 aromatic rings. The maximum Gasteiger partial charge on any atom is 0.152 e. The number of pyridine rings is 1. The van der Waals surface area contributed by atoms with Crippen molar-refractivity contribution in [2.45, 2.75) is 26.3 Å². The topological polar surface area (TPSA) is 61.3 Å². The van der Waals surface area contributed by atoms with Crippen molar-refractivity contribution < 1.29 is 0 Å². The second kappa shape index (κ2) is 8.55. The summed E-state index contributed by atoms with van der Waals surface area (Å²) in [6.45, 7) is 13.9. The van der Waals surface area contributed by atoms with Gasteiger partial charge in [0.05, 0.1) is 11.9 Å². The van der Waals surface area contributed by atoms with E-state index in [-0.39, 0.29) is 26.6 Å². The summed E-state index contributed by atoms with van der Waals surface area (Å²) in [4.78, 5) is 9.77. The first-order valence-electron chi connectivity index (χ1n) is 9.84. The van der Waals surface area contributed by atoms with Crippen LogP contribution < -0.4 is 26.9 Å². The van der Waals surface area contributed by atoms with E-state index >= 15 is 0 Å². The van der Waals surface area contributed by atoms with E-state index in [1.807, 2.05) is 25.3 Å². The van der Waals surface area contributed by atoms with Gasteiger partial charge < -0.3 is 16.2 Å². The van der Waals surface area contributed by atoms with Gasteiger partial charge in [0.2, 0.25) is 0 Å². The maximum absolute atomic E-state index is 4.96. The molecular weight excluding hydrogens is 485 g/mol. The molecule has 5 nitrogen and oxygen atoms in total. The number of benzene rings is 1. The highest BCUT2D eigenvalue weighted by Crippen LogP contribution is 2.31. The number of hydrogen-bond acceptors (Lipinski definition) is 5. The molecule has 0 amide bonds. The molecule has 1 aromatic heterocycles. The van der Waals surface area contributed by atoms with Crippen LogP contribution in [-0.2, 0) is 6.54 Å². The number of hydrogen-bond donors (Lipinski definition) is 3. The van der Waals surface area contributed by atoms with Crippen molar-refractivity contribution >= 4 is 43.2 Å². The Kier molecular flexibility index (Phi) is 5.85. The van der Waals surface area contributed by atoms with Crippen molar-refractivity contribution in [3.05, 3.63) is 85.4 Å². The van der Waals surface area contributed by atoms with Gasteiger partial charge in [-0.05, 0) is 48.7 Å². The number of allylic oxidation sites excluding steroid dienone is 3. The standard InChI is InChI=1S/C24H26IN5/c1-6-17-12-26-22-11-19(18-9-10-28-30-16(18)4)15(3)29-24(22)27-13-20-21(25-5)8-7-14(2)23(17)20/h6-11,17,28,30H,1,3,5,12-13H2,2,4H3,(H,27,29)/t17-/m1/s1. The Labute approximate surface area is 187 Å². The Balaban J connectivity index is 1.88. The Morgan fingerprint density at radius 2 is 2.10 bits per heavy atom. The first-order chi connectivity index (χ1) is 14.5. The lowest BCUT2D eigenvalue weighted by molar-refractivity contribution is 0.722. The lowest BCUT2D eigenvalue weighted by Crippen LogP contribution is -2.30. The van der Waals surface area contributed by atoms with Gasteiger partial charge in [-0.15, -0.1) is 6.58 Å². The van der Waals surface area contributed by atoms with Crippen LogP contribution in [0.15, 0.2) is 53.8 Å². The zero-order chi connectivity index (χ0) is 21.3. The monoisotopic (exact) mass is 511 g/mol. The predicted molar refractivity (Wildman–Crippen MR) is 135 cm³/mol. The van der Waals surface area contributed by atoms with Crippen LogP contribution in [0, 0.1) is 10.5 Å². The summed E-state index contributed by atoms with van der Waals surface area (Å²) in [6, 6.07) is 6.52. The predicted octanol–water partition coefficient (Wildman–Crippen LogP) is 3.24. The molecule has 2 aliphatic rings. The zero-order valence-corrected chi connectivity index (χ0v) is 19.5. The highest BCUT2D eigenvalue weighted by molar-refractivity contribution is 14.2. The molecule has 0 unspecified atom stereocenters. The molecule has 3 heterocycles. The number of nitrogens with zero attached hydrogens (tertiary/aromatic N) is 2. The fourth-order valence-electron chi connectivity index (χ4n) is 4.01. The fourth-order valence-corrected chi connectivity index (χ4v) is 5.39. The lowest BCUT2D eigenvalue weighted by Gasteiger charge is -2.20. The van der Waals surface area contributed by atoms with Crippen molar-refractivity contribution in [3.63, 3.8) is 0 Å². The van der Waals surface area contributed by atoms with Crippen molar-refractivity contribution in [3.8, 4) is 0 Å². The van der Waals surface area contributed by atoms with E-state index in [4.69, 9.17) is 9.98 Å². The average Bonchev–Trinajstić information content (AvgIpc) is 2.82. The van der Waals surface area contributed by atoms with Crippen LogP contribution >= 0.6 is 20.7 Å². The Bertz CT molecular complexity index is 1210. The van der Waals surface area contributed by atoms with Crippen molar-refractivity contribution in [1.82, 2.24) is 15.8 Å². The van der Waals surface area contributed by atoms with E-state index < -0.39 is 0 Å². The maximum atomic E-state index is 4.96. The molecule has 6 heteroatoms. The molecule has 0 saturated carbocycles. The largest absolute Gasteiger partial charge is 0.364 e. The number of aryl methyl sites for hydroxylation is 1. The van der Waals surface area contributed by atoms with Crippen LogP contribution in [0.3, 0.4) is 0 Å². The van der Waals surface area contributed by atoms with Gasteiger partial charge in [0.15, 0.2) is 5.82 Å². The number of rotatable bonds is 3. The molecular formula is C24H26IN5. The quantitative estimate of drug-likeness (QED) is 0.438. The van der Waals surface area contributed by atoms with Crippen LogP contribution in [-0.4, -0.2) is 16.0 Å². The Morgan fingerprint density at radius 1 is 1.27 bits per heavy atom. The van der Waals surface area contributed by atoms with E-state index in [0.717, 1.165) is 33.4 Å². The van der Waals surface area contributed by atoms with Gasteiger partial charge in [0.25, 0.3) is 0 Å². The average molecular weight is 511 g/mol. The number of aromatic nitrogens is 1. The molecule has 0 radical (unpaired) electrons. The molecule has 3 N–H and O–H groups in total. The van der Waals surface area contributed by atoms with Crippen molar-refractivity contribution in [2.24, 2.45) is 4.99 Å². The van der Waals surface area contributed by atoms with Gasteiger partial charge in [-0.3, -0.25) is 4.99 Å². The minimum atomic E-state index is -0.284. The smallest absolute Gasteiger partial charge is 0.152 e. The lowest BCUT2D eigenvalue weighted by atomic mass is 9.90. The highest BCUT2D eigenvalue weighted by atomic mass is 127. The number of hydrazine groups is 1. The van der Waals surface area contributed by atoms with Gasteiger partial charge in [-0.25, -0.2) is 4.98 Å². The van der Waals surface area contributed by atoms with Crippen LogP contribution in [0.25, 0.3) is 12.2 Å². The molecule has 2 aliphatic heterocycles. The third-order valence-corrected chi connectivity index (χ3v) is 7.41. The molecule has 0 spiro atoms. The number of fused-ring (bicyclic) bond motifs is 2. The second-order valence-corrected chi connectivity index (χ2v) is 9.34. The molecule has 4 rings (SSSR count). The SMILES string of the molecule is C=C[C@@H]1CN=c2cc(C3=C(C)NNC=C3)c(=C)nc2NCc2c(I=C)ccc(C)c21. The van der Waals surface area contributed by atoms with E-state index in [0.29, 0.717) is 13.1 Å². The van der Waals surface area contributed by atoms with Crippen molar-refractivity contribution in [1.29, 1.82) is 0 Å². The summed E-state index contributed by atoms with van der Waals surface area (Å²) in [6.07, 6.45) is 5.92. The fraction of sp³-hybridized carbons (Fsp3) is 0.208. The molecule has 1 atom stereocenters. The highest BCUT2D eigenvalue weighted by Gasteiger charge is 2.20. The molecule has 0 fully saturated rings. The minimum Gasteiger partial charge on any atom is -0.364 e. The van der Waals surface area contributed by atoms with Gasteiger partial charge in [-0.1, -0.05) is 44.0 Å². The van der Waals surface area contributed by atoms with Crippen LogP contribution in [0.5, 0.6) is 0 Å². The number of nitrogens with one attached hydrogen (secondary N) is 3. The van der Waals surface area contributed by atoms with Crippen LogP contribution in [0.1, 0.15) is 35.1 Å². The first-order valence-corrected chi connectivity index (χ1v) is 12.4. The normalized spacial score (nSPS) is 17.7. The Hall–Kier alpha value is -2.74. The first kappa shape index (κ1) is 20.5. The third kappa shape index (κ3) is 3.71. The zero-order valence-electron chi connectivity index (χ0n) is 17.3. The molecule has 0 saturated heterocycles. The summed E-state index contributed by atoms with van der Waals surface area (Å²) < 4.78 is 5.59. The Morgan fingerprint density at radius 3 is 2.83 bits per heavy atom. The number of halogens is 1. The van der Waals surface area contributed by atoms with Crippen molar-refractivity contribution in [2.75, 3.05) is 11.9 Å². The summed E-state index contributed by atoms with van der Waals surface area (Å²) in [5.41, 5.74) is 13.1. The van der Waals surface area contributed by atoms with Gasteiger partial charge in [0.1, 0.15) is 5.36 Å². The summed E-state index contributed by atoms with van der Waals surface area (Å²) in [5.74, 6) is 0.936. The summed E-state index contributed by atoms with van der Waals surface area (Å²) >= 11 is -0.284. The van der Waals surface area contributed by atoms with Gasteiger partial charge >= 0.3 is 0 Å². The van der Waals surface area contributed by atoms with E-state index in [1.54, 1.807) is 0 Å². The van der Waals surface area contributed by atoms with Crippen LogP contribution in [0.4, 0.5) is 5.82 Å². The second-order valence-electron chi connectivity index (χ2n) is 7.42. The summed E-state index contributed by atoms with van der Waals surface area (Å²) in [5, 5.41) is 5.12. The molecule has 1 aromatic carbocycles. The molecule has 0 aliphatic carbocycles. The van der Waals surface area contributed by atoms with E-state index in [9.17, 15) is 0 Å². The van der Waals surface area contributed by atoms with Gasteiger partial charge in [0, 0.05) is 39.1 Å². The molecule has 30 heavy (non-hydrogen) atoms. The number of anilines is 1. The van der Waals surface area contributed by atoms with Gasteiger partial charge in [-0.2, -0.15) is 0 Å². The molecule has 154 valence electrons.